The van der Waals surface area contributed by atoms with Crippen molar-refractivity contribution in [1.29, 1.82) is 0 Å². The predicted molar refractivity (Wildman–Crippen MR) is 67.1 cm³/mol. The summed E-state index contributed by atoms with van der Waals surface area (Å²) in [5, 5.41) is 4.63. The van der Waals surface area contributed by atoms with Gasteiger partial charge >= 0.3 is 0 Å². The Kier molecular flexibility index (Phi) is 2.60. The number of aryl methyl sites for hydroxylation is 1. The summed E-state index contributed by atoms with van der Waals surface area (Å²) in [7, 11) is 1.68. The van der Waals surface area contributed by atoms with Crippen molar-refractivity contribution in [2.24, 2.45) is 0 Å². The molecular formula is C11H14N4O2S. The van der Waals surface area contributed by atoms with E-state index in [1.54, 1.807) is 7.11 Å². The first-order valence-electron chi connectivity index (χ1n) is 5.78. The van der Waals surface area contributed by atoms with E-state index in [1.807, 2.05) is 6.92 Å². The van der Waals surface area contributed by atoms with Crippen LogP contribution in [0.4, 0.5) is 5.00 Å². The van der Waals surface area contributed by atoms with Crippen LogP contribution >= 0.6 is 11.5 Å². The molecule has 0 saturated heterocycles. The standard InChI is InChI=1S/C11H14N4O2S/c1-6-7(8(12)18-15-6)9-13-10(14-17-9)11(16-2)4-3-5-11/h3-5,12H2,1-2H3. The number of ether oxygens (including phenoxy) is 1. The van der Waals surface area contributed by atoms with E-state index in [2.05, 4.69) is 14.5 Å². The van der Waals surface area contributed by atoms with Crippen LogP contribution in [0.15, 0.2) is 4.52 Å². The highest BCUT2D eigenvalue weighted by Gasteiger charge is 2.43. The normalized spacial score (nSPS) is 17.7. The summed E-state index contributed by atoms with van der Waals surface area (Å²) in [4.78, 5) is 4.42. The van der Waals surface area contributed by atoms with E-state index in [9.17, 15) is 0 Å². The van der Waals surface area contributed by atoms with Crippen molar-refractivity contribution in [2.45, 2.75) is 31.8 Å². The number of methoxy groups -OCH3 is 1. The van der Waals surface area contributed by atoms with Gasteiger partial charge in [0.15, 0.2) is 0 Å². The van der Waals surface area contributed by atoms with Crippen LogP contribution in [0, 0.1) is 6.92 Å². The molecule has 0 atom stereocenters. The third-order valence-corrected chi connectivity index (χ3v) is 4.25. The minimum absolute atomic E-state index is 0.367. The Morgan fingerprint density at radius 2 is 2.22 bits per heavy atom. The maximum Gasteiger partial charge on any atom is 0.262 e. The molecule has 2 heterocycles. The van der Waals surface area contributed by atoms with Gasteiger partial charge in [0.2, 0.25) is 5.82 Å². The predicted octanol–water partition coefficient (Wildman–Crippen LogP) is 2.11. The maximum atomic E-state index is 5.87. The van der Waals surface area contributed by atoms with E-state index in [-0.39, 0.29) is 5.60 Å². The number of nitrogens with two attached hydrogens (primary N) is 1. The highest BCUT2D eigenvalue weighted by atomic mass is 32.1. The van der Waals surface area contributed by atoms with Gasteiger partial charge in [0.05, 0.1) is 11.3 Å². The van der Waals surface area contributed by atoms with Crippen molar-refractivity contribution in [1.82, 2.24) is 14.5 Å². The van der Waals surface area contributed by atoms with E-state index >= 15 is 0 Å². The quantitative estimate of drug-likeness (QED) is 0.915. The average molecular weight is 266 g/mol. The van der Waals surface area contributed by atoms with Crippen LogP contribution in [0.3, 0.4) is 0 Å². The summed E-state index contributed by atoms with van der Waals surface area (Å²) < 4.78 is 15.0. The van der Waals surface area contributed by atoms with E-state index in [1.165, 1.54) is 11.5 Å². The van der Waals surface area contributed by atoms with E-state index in [4.69, 9.17) is 15.0 Å². The fraction of sp³-hybridized carbons (Fsp3) is 0.545. The molecule has 7 heteroatoms. The van der Waals surface area contributed by atoms with Crippen LogP contribution in [0.1, 0.15) is 30.8 Å². The zero-order valence-electron chi connectivity index (χ0n) is 10.3. The van der Waals surface area contributed by atoms with Gasteiger partial charge in [0.1, 0.15) is 10.6 Å². The van der Waals surface area contributed by atoms with Crippen molar-refractivity contribution in [3.8, 4) is 11.5 Å². The lowest BCUT2D eigenvalue weighted by Crippen LogP contribution is -2.37. The lowest BCUT2D eigenvalue weighted by atomic mass is 9.79. The SMILES string of the molecule is COC1(c2noc(-c3c(C)nsc3N)n2)CCC1. The third kappa shape index (κ3) is 1.54. The molecule has 0 aliphatic heterocycles. The average Bonchev–Trinajstić information content (AvgIpc) is 2.86. The van der Waals surface area contributed by atoms with E-state index in [0.717, 1.165) is 30.5 Å². The van der Waals surface area contributed by atoms with Gasteiger partial charge in [-0.2, -0.15) is 9.36 Å². The number of anilines is 1. The Labute approximate surface area is 108 Å². The first-order valence-corrected chi connectivity index (χ1v) is 6.55. The van der Waals surface area contributed by atoms with E-state index < -0.39 is 0 Å². The minimum atomic E-state index is -0.367. The van der Waals surface area contributed by atoms with Crippen LogP contribution in [-0.2, 0) is 10.3 Å². The molecular weight excluding hydrogens is 252 g/mol. The number of hydrogen-bond donors (Lipinski definition) is 1. The third-order valence-electron chi connectivity index (χ3n) is 3.49. The largest absolute Gasteiger partial charge is 0.389 e. The summed E-state index contributed by atoms with van der Waals surface area (Å²) >= 11 is 1.24. The fourth-order valence-electron chi connectivity index (χ4n) is 2.17. The van der Waals surface area contributed by atoms with Crippen LogP contribution in [0.25, 0.3) is 11.5 Å². The van der Waals surface area contributed by atoms with Gasteiger partial charge < -0.3 is 15.0 Å². The van der Waals surface area contributed by atoms with Crippen LogP contribution in [0.5, 0.6) is 0 Å². The number of aromatic nitrogens is 3. The Morgan fingerprint density at radius 1 is 1.44 bits per heavy atom. The molecule has 96 valence electrons. The Morgan fingerprint density at radius 3 is 2.72 bits per heavy atom. The molecule has 6 nitrogen and oxygen atoms in total. The molecule has 1 fully saturated rings. The van der Waals surface area contributed by atoms with Gasteiger partial charge in [-0.3, -0.25) is 0 Å². The topological polar surface area (TPSA) is 87.1 Å². The molecule has 18 heavy (non-hydrogen) atoms. The number of hydrogen-bond acceptors (Lipinski definition) is 7. The number of nitrogen functional groups attached to an aromatic ring is 1. The van der Waals surface area contributed by atoms with Gasteiger partial charge in [0.25, 0.3) is 5.89 Å². The second-order valence-electron chi connectivity index (χ2n) is 4.48. The van der Waals surface area contributed by atoms with Gasteiger partial charge in [-0.15, -0.1) is 0 Å². The van der Waals surface area contributed by atoms with Crippen molar-refractivity contribution in [3.05, 3.63) is 11.5 Å². The van der Waals surface area contributed by atoms with E-state index in [0.29, 0.717) is 16.7 Å². The molecule has 0 aromatic carbocycles. The molecule has 0 bridgehead atoms. The Bertz CT molecular complexity index is 548. The first-order chi connectivity index (χ1) is 8.66. The zero-order chi connectivity index (χ0) is 12.8. The number of rotatable bonds is 3. The summed E-state index contributed by atoms with van der Waals surface area (Å²) in [6.45, 7) is 1.88. The zero-order valence-corrected chi connectivity index (χ0v) is 11.1. The molecule has 2 N–H and O–H groups in total. The molecule has 1 aliphatic carbocycles. The second-order valence-corrected chi connectivity index (χ2v) is 5.29. The Balaban J connectivity index is 1.99. The lowest BCUT2D eigenvalue weighted by Gasteiger charge is -2.37. The smallest absolute Gasteiger partial charge is 0.262 e. The van der Waals surface area contributed by atoms with Crippen molar-refractivity contribution in [2.75, 3.05) is 12.8 Å². The van der Waals surface area contributed by atoms with Crippen LogP contribution in [-0.4, -0.2) is 21.6 Å². The molecule has 0 radical (unpaired) electrons. The van der Waals surface area contributed by atoms with Gasteiger partial charge in [-0.25, -0.2) is 0 Å². The monoisotopic (exact) mass is 266 g/mol. The van der Waals surface area contributed by atoms with Crippen molar-refractivity contribution < 1.29 is 9.26 Å². The summed E-state index contributed by atoms with van der Waals surface area (Å²) in [6, 6.07) is 0. The van der Waals surface area contributed by atoms with Crippen LogP contribution < -0.4 is 5.73 Å². The molecule has 1 aliphatic rings. The highest BCUT2D eigenvalue weighted by Crippen LogP contribution is 2.43. The fourth-order valence-corrected chi connectivity index (χ4v) is 2.83. The molecule has 0 unspecified atom stereocenters. The Hall–Kier alpha value is -1.47. The van der Waals surface area contributed by atoms with Crippen LogP contribution in [0.2, 0.25) is 0 Å². The highest BCUT2D eigenvalue weighted by molar-refractivity contribution is 7.10. The molecule has 3 rings (SSSR count). The van der Waals surface area contributed by atoms with Gasteiger partial charge in [0, 0.05) is 7.11 Å². The van der Waals surface area contributed by atoms with Crippen molar-refractivity contribution in [3.63, 3.8) is 0 Å². The molecule has 0 amide bonds. The van der Waals surface area contributed by atoms with Crippen molar-refractivity contribution >= 4 is 16.5 Å². The summed E-state index contributed by atoms with van der Waals surface area (Å²) in [5.74, 6) is 1.04. The molecule has 0 spiro atoms. The molecule has 1 saturated carbocycles. The summed E-state index contributed by atoms with van der Waals surface area (Å²) in [6.07, 6.45) is 2.98. The molecule has 2 aromatic rings. The molecule has 2 aromatic heterocycles. The van der Waals surface area contributed by atoms with Gasteiger partial charge in [-0.05, 0) is 37.7 Å². The van der Waals surface area contributed by atoms with Gasteiger partial charge in [-0.1, -0.05) is 5.16 Å². The minimum Gasteiger partial charge on any atom is -0.389 e. The summed E-state index contributed by atoms with van der Waals surface area (Å²) in [5.41, 5.74) is 7.05. The first kappa shape index (κ1) is 11.6. The second kappa shape index (κ2) is 4.03. The number of nitrogens with zero attached hydrogens (tertiary/aromatic N) is 3. The maximum absolute atomic E-state index is 5.87. The lowest BCUT2D eigenvalue weighted by molar-refractivity contribution is -0.0858.